The Kier molecular flexibility index (Phi) is 4.13. The van der Waals surface area contributed by atoms with Gasteiger partial charge < -0.3 is 5.32 Å². The van der Waals surface area contributed by atoms with Gasteiger partial charge in [-0.1, -0.05) is 18.2 Å². The molecule has 3 heteroatoms. The van der Waals surface area contributed by atoms with Crippen LogP contribution in [0.1, 0.15) is 17.3 Å². The van der Waals surface area contributed by atoms with E-state index in [0.717, 1.165) is 9.14 Å². The van der Waals surface area contributed by atoms with Gasteiger partial charge in [-0.3, -0.25) is 4.79 Å². The fourth-order valence-corrected chi connectivity index (χ4v) is 1.51. The van der Waals surface area contributed by atoms with Crippen molar-refractivity contribution in [3.8, 4) is 0 Å². The molecule has 0 fully saturated rings. The molecule has 1 N–H and O–H groups in total. The number of benzene rings is 1. The van der Waals surface area contributed by atoms with Gasteiger partial charge in [-0.05, 0) is 47.7 Å². The molecule has 0 aliphatic carbocycles. The zero-order chi connectivity index (χ0) is 10.6. The minimum atomic E-state index is -0.0495. The standard InChI is InChI=1S/C11H12INO/c1-8(2)7-13-11(14)9-4-3-5-10(12)6-9/h3-6H,1,7H2,2H3,(H,13,14). The minimum Gasteiger partial charge on any atom is -0.348 e. The Hall–Kier alpha value is -0.840. The SMILES string of the molecule is C=C(C)CNC(=O)c1cccc(I)c1. The zero-order valence-electron chi connectivity index (χ0n) is 8.01. The Morgan fingerprint density at radius 3 is 2.86 bits per heavy atom. The molecule has 0 aliphatic heterocycles. The van der Waals surface area contributed by atoms with E-state index in [-0.39, 0.29) is 5.91 Å². The topological polar surface area (TPSA) is 29.1 Å². The van der Waals surface area contributed by atoms with E-state index in [1.54, 1.807) is 6.07 Å². The fourth-order valence-electron chi connectivity index (χ4n) is 0.963. The average molecular weight is 301 g/mol. The summed E-state index contributed by atoms with van der Waals surface area (Å²) >= 11 is 2.18. The first-order valence-electron chi connectivity index (χ1n) is 4.28. The number of carbonyl (C=O) groups excluding carboxylic acids is 1. The molecule has 0 atom stereocenters. The Bertz CT molecular complexity index is 360. The van der Waals surface area contributed by atoms with Crippen molar-refractivity contribution in [2.24, 2.45) is 0 Å². The number of carbonyl (C=O) groups is 1. The van der Waals surface area contributed by atoms with Crippen LogP contribution in [-0.4, -0.2) is 12.5 Å². The fraction of sp³-hybridized carbons (Fsp3) is 0.182. The molecule has 14 heavy (non-hydrogen) atoms. The number of amides is 1. The van der Waals surface area contributed by atoms with Gasteiger partial charge in [0, 0.05) is 15.7 Å². The summed E-state index contributed by atoms with van der Waals surface area (Å²) < 4.78 is 1.06. The van der Waals surface area contributed by atoms with Gasteiger partial charge in [0.15, 0.2) is 0 Å². The second-order valence-electron chi connectivity index (χ2n) is 3.15. The summed E-state index contributed by atoms with van der Waals surface area (Å²) in [6.45, 7) is 6.14. The summed E-state index contributed by atoms with van der Waals surface area (Å²) in [4.78, 5) is 11.5. The maximum Gasteiger partial charge on any atom is 0.251 e. The van der Waals surface area contributed by atoms with Gasteiger partial charge in [0.25, 0.3) is 5.91 Å². The predicted molar refractivity (Wildman–Crippen MR) is 66.3 cm³/mol. The van der Waals surface area contributed by atoms with Crippen molar-refractivity contribution in [3.05, 3.63) is 45.6 Å². The van der Waals surface area contributed by atoms with E-state index in [1.165, 1.54) is 0 Å². The molecule has 1 amide bonds. The van der Waals surface area contributed by atoms with Crippen LogP contribution in [-0.2, 0) is 0 Å². The number of hydrogen-bond acceptors (Lipinski definition) is 1. The van der Waals surface area contributed by atoms with Crippen molar-refractivity contribution in [1.82, 2.24) is 5.32 Å². The highest BCUT2D eigenvalue weighted by Crippen LogP contribution is 2.07. The van der Waals surface area contributed by atoms with Gasteiger partial charge in [0.05, 0.1) is 0 Å². The van der Waals surface area contributed by atoms with Crippen molar-refractivity contribution in [2.75, 3.05) is 6.54 Å². The average Bonchev–Trinajstić information content (AvgIpc) is 2.14. The lowest BCUT2D eigenvalue weighted by Crippen LogP contribution is -2.24. The van der Waals surface area contributed by atoms with Crippen molar-refractivity contribution in [1.29, 1.82) is 0 Å². The number of halogens is 1. The van der Waals surface area contributed by atoms with Crippen LogP contribution in [0.25, 0.3) is 0 Å². The second kappa shape index (κ2) is 5.14. The molecule has 1 aromatic carbocycles. The van der Waals surface area contributed by atoms with Gasteiger partial charge in [-0.15, -0.1) is 0 Å². The molecule has 2 nitrogen and oxygen atoms in total. The lowest BCUT2D eigenvalue weighted by atomic mass is 10.2. The molecule has 0 saturated carbocycles. The third-order valence-electron chi connectivity index (χ3n) is 1.64. The Labute approximate surface area is 97.5 Å². The van der Waals surface area contributed by atoms with Gasteiger partial charge in [0.1, 0.15) is 0 Å². The number of rotatable bonds is 3. The zero-order valence-corrected chi connectivity index (χ0v) is 10.2. The molecule has 0 radical (unpaired) electrons. The molecule has 0 aromatic heterocycles. The summed E-state index contributed by atoms with van der Waals surface area (Å²) in [6, 6.07) is 7.48. The van der Waals surface area contributed by atoms with E-state index >= 15 is 0 Å². The first-order valence-corrected chi connectivity index (χ1v) is 5.35. The van der Waals surface area contributed by atoms with Crippen molar-refractivity contribution >= 4 is 28.5 Å². The molecule has 1 aromatic rings. The van der Waals surface area contributed by atoms with E-state index in [4.69, 9.17) is 0 Å². The van der Waals surface area contributed by atoms with Crippen LogP contribution in [0.15, 0.2) is 36.4 Å². The van der Waals surface area contributed by atoms with E-state index in [1.807, 2.05) is 25.1 Å². The predicted octanol–water partition coefficient (Wildman–Crippen LogP) is 2.60. The van der Waals surface area contributed by atoms with Crippen molar-refractivity contribution in [2.45, 2.75) is 6.92 Å². The van der Waals surface area contributed by atoms with Gasteiger partial charge in [-0.2, -0.15) is 0 Å². The summed E-state index contributed by atoms with van der Waals surface area (Å²) in [6.07, 6.45) is 0. The summed E-state index contributed by atoms with van der Waals surface area (Å²) in [7, 11) is 0. The van der Waals surface area contributed by atoms with E-state index < -0.39 is 0 Å². The van der Waals surface area contributed by atoms with Crippen LogP contribution in [0, 0.1) is 3.57 Å². The van der Waals surface area contributed by atoms with E-state index in [0.29, 0.717) is 12.1 Å². The first-order chi connectivity index (χ1) is 6.59. The molecule has 74 valence electrons. The summed E-state index contributed by atoms with van der Waals surface area (Å²) in [5, 5.41) is 2.78. The molecule has 0 saturated heterocycles. The quantitative estimate of drug-likeness (QED) is 0.675. The third kappa shape index (κ3) is 3.49. The summed E-state index contributed by atoms with van der Waals surface area (Å²) in [5.41, 5.74) is 1.64. The first kappa shape index (κ1) is 11.2. The van der Waals surface area contributed by atoms with Gasteiger partial charge in [-0.25, -0.2) is 0 Å². The van der Waals surface area contributed by atoms with Crippen LogP contribution in [0.3, 0.4) is 0 Å². The number of hydrogen-bond donors (Lipinski definition) is 1. The van der Waals surface area contributed by atoms with Gasteiger partial charge in [0.2, 0.25) is 0 Å². The highest BCUT2D eigenvalue weighted by atomic mass is 127. The van der Waals surface area contributed by atoms with Crippen LogP contribution in [0.4, 0.5) is 0 Å². The van der Waals surface area contributed by atoms with Crippen LogP contribution in [0.5, 0.6) is 0 Å². The van der Waals surface area contributed by atoms with Gasteiger partial charge >= 0.3 is 0 Å². The summed E-state index contributed by atoms with van der Waals surface area (Å²) in [5.74, 6) is -0.0495. The largest absolute Gasteiger partial charge is 0.348 e. The molecule has 1 rings (SSSR count). The lowest BCUT2D eigenvalue weighted by molar-refractivity contribution is 0.0957. The van der Waals surface area contributed by atoms with Crippen LogP contribution < -0.4 is 5.32 Å². The Balaban J connectivity index is 2.65. The highest BCUT2D eigenvalue weighted by Gasteiger charge is 2.03. The number of nitrogens with one attached hydrogen (secondary N) is 1. The molecule has 0 unspecified atom stereocenters. The maximum absolute atomic E-state index is 11.5. The molecule has 0 spiro atoms. The highest BCUT2D eigenvalue weighted by molar-refractivity contribution is 14.1. The van der Waals surface area contributed by atoms with Crippen molar-refractivity contribution in [3.63, 3.8) is 0 Å². The maximum atomic E-state index is 11.5. The Morgan fingerprint density at radius 1 is 1.57 bits per heavy atom. The third-order valence-corrected chi connectivity index (χ3v) is 2.31. The smallest absolute Gasteiger partial charge is 0.251 e. The second-order valence-corrected chi connectivity index (χ2v) is 4.40. The molecule has 0 heterocycles. The molecular weight excluding hydrogens is 289 g/mol. The normalized spacial score (nSPS) is 9.57. The lowest BCUT2D eigenvalue weighted by Gasteiger charge is -2.04. The van der Waals surface area contributed by atoms with Crippen LogP contribution >= 0.6 is 22.6 Å². The molecule has 0 bridgehead atoms. The Morgan fingerprint density at radius 2 is 2.29 bits per heavy atom. The van der Waals surface area contributed by atoms with E-state index in [9.17, 15) is 4.79 Å². The van der Waals surface area contributed by atoms with Crippen molar-refractivity contribution < 1.29 is 4.79 Å². The minimum absolute atomic E-state index is 0.0495. The molecular formula is C11H12INO. The van der Waals surface area contributed by atoms with E-state index in [2.05, 4.69) is 34.5 Å². The van der Waals surface area contributed by atoms with Crippen LogP contribution in [0.2, 0.25) is 0 Å². The monoisotopic (exact) mass is 301 g/mol. The molecule has 0 aliphatic rings.